The molecule has 1 heterocycles. The monoisotopic (exact) mass is 275 g/mol. The van der Waals surface area contributed by atoms with Gasteiger partial charge in [-0.1, -0.05) is 19.1 Å². The third-order valence-corrected chi connectivity index (χ3v) is 3.00. The third-order valence-electron chi connectivity index (χ3n) is 3.00. The van der Waals surface area contributed by atoms with Gasteiger partial charge in [-0.05, 0) is 42.8 Å². The van der Waals surface area contributed by atoms with Crippen LogP contribution in [0.1, 0.15) is 37.7 Å². The number of aromatic nitrogens is 4. The second-order valence-corrected chi connectivity index (χ2v) is 4.73. The smallest absolute Gasteiger partial charge is 0.212 e. The summed E-state index contributed by atoms with van der Waals surface area (Å²) in [7, 11) is 1.73. The zero-order valence-electron chi connectivity index (χ0n) is 12.2. The lowest BCUT2D eigenvalue weighted by Gasteiger charge is -2.14. The molecular weight excluding hydrogens is 254 g/mol. The molecule has 1 aromatic carbocycles. The molecule has 0 saturated carbocycles. The van der Waals surface area contributed by atoms with E-state index >= 15 is 0 Å². The predicted octanol–water partition coefficient (Wildman–Crippen LogP) is 1.85. The van der Waals surface area contributed by atoms with Gasteiger partial charge in [0.1, 0.15) is 5.75 Å². The average molecular weight is 275 g/mol. The molecule has 0 bridgehead atoms. The standard InChI is InChI=1S/C14H21N5O/c1-4-9-15-11(2)12-5-7-13(8-6-12)20-10-14-16-18-19(3)17-14/h5-8,11,15H,4,9-10H2,1-3H3. The number of nitrogens with zero attached hydrogens (tertiary/aromatic N) is 4. The Balaban J connectivity index is 1.87. The number of nitrogens with one attached hydrogen (secondary N) is 1. The molecule has 1 aromatic heterocycles. The molecule has 0 fully saturated rings. The highest BCUT2D eigenvalue weighted by atomic mass is 16.5. The maximum absolute atomic E-state index is 5.62. The zero-order chi connectivity index (χ0) is 14.4. The molecular formula is C14H21N5O. The molecule has 2 rings (SSSR count). The van der Waals surface area contributed by atoms with Gasteiger partial charge in [0.2, 0.25) is 5.82 Å². The minimum atomic E-state index is 0.330. The van der Waals surface area contributed by atoms with Crippen LogP contribution in [0.3, 0.4) is 0 Å². The van der Waals surface area contributed by atoms with Crippen LogP contribution in [0.5, 0.6) is 5.75 Å². The molecule has 1 atom stereocenters. The summed E-state index contributed by atoms with van der Waals surface area (Å²) in [5, 5.41) is 15.2. The lowest BCUT2D eigenvalue weighted by Crippen LogP contribution is -2.19. The van der Waals surface area contributed by atoms with Crippen LogP contribution in [0.15, 0.2) is 24.3 Å². The van der Waals surface area contributed by atoms with Gasteiger partial charge in [0.25, 0.3) is 0 Å². The van der Waals surface area contributed by atoms with Crippen LogP contribution in [0.25, 0.3) is 0 Å². The number of benzene rings is 1. The minimum Gasteiger partial charge on any atom is -0.485 e. The summed E-state index contributed by atoms with van der Waals surface area (Å²) in [6, 6.07) is 8.44. The van der Waals surface area contributed by atoms with Crippen molar-refractivity contribution in [3.05, 3.63) is 35.7 Å². The van der Waals surface area contributed by atoms with Crippen LogP contribution in [-0.4, -0.2) is 26.8 Å². The van der Waals surface area contributed by atoms with Crippen molar-refractivity contribution in [2.24, 2.45) is 7.05 Å². The molecule has 2 aromatic rings. The van der Waals surface area contributed by atoms with Crippen LogP contribution >= 0.6 is 0 Å². The topological polar surface area (TPSA) is 64.9 Å². The SMILES string of the molecule is CCCNC(C)c1ccc(OCc2nnn(C)n2)cc1. The lowest BCUT2D eigenvalue weighted by molar-refractivity contribution is 0.295. The summed E-state index contributed by atoms with van der Waals surface area (Å²) in [6.07, 6.45) is 1.14. The third kappa shape index (κ3) is 4.03. The first-order valence-electron chi connectivity index (χ1n) is 6.88. The van der Waals surface area contributed by atoms with E-state index in [1.54, 1.807) is 7.05 Å². The maximum atomic E-state index is 5.62. The average Bonchev–Trinajstić information content (AvgIpc) is 2.89. The van der Waals surface area contributed by atoms with E-state index in [4.69, 9.17) is 4.74 Å². The van der Waals surface area contributed by atoms with Crippen molar-refractivity contribution >= 4 is 0 Å². The van der Waals surface area contributed by atoms with E-state index in [0.717, 1.165) is 18.7 Å². The van der Waals surface area contributed by atoms with Gasteiger partial charge in [0.15, 0.2) is 6.61 Å². The van der Waals surface area contributed by atoms with Crippen LogP contribution in [0, 0.1) is 0 Å². The quantitative estimate of drug-likeness (QED) is 0.835. The van der Waals surface area contributed by atoms with Crippen molar-refractivity contribution in [2.75, 3.05) is 6.54 Å². The Kier molecular flexibility index (Phi) is 5.06. The Morgan fingerprint density at radius 2 is 2.05 bits per heavy atom. The molecule has 0 aliphatic rings. The first-order valence-corrected chi connectivity index (χ1v) is 6.88. The Hall–Kier alpha value is -1.95. The van der Waals surface area contributed by atoms with E-state index in [0.29, 0.717) is 18.5 Å². The molecule has 6 heteroatoms. The molecule has 0 aliphatic heterocycles. The van der Waals surface area contributed by atoms with Gasteiger partial charge in [0.05, 0.1) is 7.05 Å². The van der Waals surface area contributed by atoms with Crippen LogP contribution in [-0.2, 0) is 13.7 Å². The Bertz CT molecular complexity index is 523. The van der Waals surface area contributed by atoms with Gasteiger partial charge < -0.3 is 10.1 Å². The molecule has 0 spiro atoms. The number of hydrogen-bond acceptors (Lipinski definition) is 5. The van der Waals surface area contributed by atoms with Crippen LogP contribution in [0.2, 0.25) is 0 Å². The first kappa shape index (κ1) is 14.5. The Morgan fingerprint density at radius 1 is 1.30 bits per heavy atom. The second-order valence-electron chi connectivity index (χ2n) is 4.73. The number of aryl methyl sites for hydroxylation is 1. The highest BCUT2D eigenvalue weighted by molar-refractivity contribution is 5.28. The number of rotatable bonds is 7. The summed E-state index contributed by atoms with van der Waals surface area (Å²) in [5.74, 6) is 1.39. The van der Waals surface area contributed by atoms with Gasteiger partial charge in [-0.25, -0.2) is 0 Å². The molecule has 20 heavy (non-hydrogen) atoms. The predicted molar refractivity (Wildman–Crippen MR) is 76.3 cm³/mol. The van der Waals surface area contributed by atoms with E-state index in [9.17, 15) is 0 Å². The van der Waals surface area contributed by atoms with Gasteiger partial charge in [-0.15, -0.1) is 10.2 Å². The Morgan fingerprint density at radius 3 is 2.65 bits per heavy atom. The normalized spacial score (nSPS) is 12.3. The van der Waals surface area contributed by atoms with Gasteiger partial charge in [-0.3, -0.25) is 0 Å². The first-order chi connectivity index (χ1) is 9.69. The van der Waals surface area contributed by atoms with Gasteiger partial charge in [-0.2, -0.15) is 4.80 Å². The Labute approximate surface area is 119 Å². The summed E-state index contributed by atoms with van der Waals surface area (Å²) >= 11 is 0. The second kappa shape index (κ2) is 7.00. The van der Waals surface area contributed by atoms with Crippen LogP contribution in [0.4, 0.5) is 0 Å². The number of ether oxygens (including phenoxy) is 1. The fourth-order valence-corrected chi connectivity index (χ4v) is 1.86. The molecule has 0 saturated heterocycles. The molecule has 1 N–H and O–H groups in total. The number of tetrazole rings is 1. The van der Waals surface area contributed by atoms with E-state index < -0.39 is 0 Å². The minimum absolute atomic E-state index is 0.330. The summed E-state index contributed by atoms with van der Waals surface area (Å²) < 4.78 is 5.62. The maximum Gasteiger partial charge on any atom is 0.212 e. The molecule has 0 amide bonds. The molecule has 6 nitrogen and oxygen atoms in total. The number of hydrogen-bond donors (Lipinski definition) is 1. The van der Waals surface area contributed by atoms with E-state index in [-0.39, 0.29) is 0 Å². The van der Waals surface area contributed by atoms with Gasteiger partial charge in [0, 0.05) is 6.04 Å². The highest BCUT2D eigenvalue weighted by Gasteiger charge is 2.05. The van der Waals surface area contributed by atoms with Crippen LogP contribution < -0.4 is 10.1 Å². The molecule has 0 radical (unpaired) electrons. The molecule has 0 aliphatic carbocycles. The zero-order valence-corrected chi connectivity index (χ0v) is 12.2. The fourth-order valence-electron chi connectivity index (χ4n) is 1.86. The van der Waals surface area contributed by atoms with E-state index in [1.807, 2.05) is 12.1 Å². The summed E-state index contributed by atoms with van der Waals surface area (Å²) in [5.41, 5.74) is 1.25. The summed E-state index contributed by atoms with van der Waals surface area (Å²) in [4.78, 5) is 1.42. The van der Waals surface area contributed by atoms with Gasteiger partial charge >= 0.3 is 0 Å². The fraction of sp³-hybridized carbons (Fsp3) is 0.500. The lowest BCUT2D eigenvalue weighted by atomic mass is 10.1. The van der Waals surface area contributed by atoms with Crippen molar-refractivity contribution in [3.63, 3.8) is 0 Å². The molecule has 1 unspecified atom stereocenters. The highest BCUT2D eigenvalue weighted by Crippen LogP contribution is 2.18. The summed E-state index contributed by atoms with van der Waals surface area (Å²) in [6.45, 7) is 5.68. The van der Waals surface area contributed by atoms with Crippen molar-refractivity contribution in [3.8, 4) is 5.75 Å². The van der Waals surface area contributed by atoms with E-state index in [1.165, 1.54) is 10.4 Å². The largest absolute Gasteiger partial charge is 0.485 e. The van der Waals surface area contributed by atoms with E-state index in [2.05, 4.69) is 46.7 Å². The van der Waals surface area contributed by atoms with Crippen molar-refractivity contribution in [1.82, 2.24) is 25.5 Å². The van der Waals surface area contributed by atoms with Crippen molar-refractivity contribution < 1.29 is 4.74 Å². The van der Waals surface area contributed by atoms with Crippen molar-refractivity contribution in [2.45, 2.75) is 32.9 Å². The molecule has 108 valence electrons. The van der Waals surface area contributed by atoms with Crippen molar-refractivity contribution in [1.29, 1.82) is 0 Å².